The second-order valence-electron chi connectivity index (χ2n) is 3.86. The van der Waals surface area contributed by atoms with Crippen LogP contribution < -0.4 is 10.3 Å². The number of rotatable bonds is 4. The van der Waals surface area contributed by atoms with Gasteiger partial charge in [0.05, 0.1) is 23.0 Å². The molecule has 100 valence electrons. The third-order valence-corrected chi connectivity index (χ3v) is 2.98. The molecule has 2 aromatic rings. The van der Waals surface area contributed by atoms with Crippen molar-refractivity contribution in [1.82, 2.24) is 9.78 Å². The molecule has 0 radical (unpaired) electrons. The molecule has 0 aliphatic heterocycles. The summed E-state index contributed by atoms with van der Waals surface area (Å²) >= 11 is 3.23. The van der Waals surface area contributed by atoms with E-state index in [0.29, 0.717) is 16.8 Å². The molecular weight excluding hydrogens is 315 g/mol. The van der Waals surface area contributed by atoms with Crippen molar-refractivity contribution >= 4 is 15.9 Å². The largest absolute Gasteiger partial charge is 0.487 e. The average Bonchev–Trinajstić information content (AvgIpc) is 2.40. The van der Waals surface area contributed by atoms with Crippen LogP contribution in [0.4, 0.5) is 4.39 Å². The number of halogens is 2. The van der Waals surface area contributed by atoms with E-state index in [1.54, 1.807) is 0 Å². The van der Waals surface area contributed by atoms with Crippen LogP contribution in [-0.4, -0.2) is 16.4 Å². The summed E-state index contributed by atoms with van der Waals surface area (Å²) in [5.74, 6) is -0.155. The van der Waals surface area contributed by atoms with E-state index in [4.69, 9.17) is 4.74 Å². The maximum atomic E-state index is 12.9. The van der Waals surface area contributed by atoms with Gasteiger partial charge in [-0.2, -0.15) is 9.78 Å². The summed E-state index contributed by atoms with van der Waals surface area (Å²) in [6.07, 6.45) is 2.28. The molecule has 0 aliphatic carbocycles. The van der Waals surface area contributed by atoms with Gasteiger partial charge in [-0.25, -0.2) is 4.39 Å². The van der Waals surface area contributed by atoms with Gasteiger partial charge in [-0.15, -0.1) is 0 Å². The van der Waals surface area contributed by atoms with Gasteiger partial charge in [-0.3, -0.25) is 4.79 Å². The number of hydrogen-bond donors (Lipinski definition) is 0. The quantitative estimate of drug-likeness (QED) is 0.867. The molecule has 0 saturated carbocycles. The minimum atomic E-state index is -0.380. The fraction of sp³-hybridized carbons (Fsp3) is 0.231. The van der Waals surface area contributed by atoms with E-state index in [1.807, 2.05) is 6.92 Å². The Kier molecular flexibility index (Phi) is 4.31. The first-order valence-electron chi connectivity index (χ1n) is 5.80. The predicted molar refractivity (Wildman–Crippen MR) is 73.3 cm³/mol. The summed E-state index contributed by atoms with van der Waals surface area (Å²) in [4.78, 5) is 12.2. The van der Waals surface area contributed by atoms with Crippen LogP contribution in [0.1, 0.15) is 13.3 Å². The second-order valence-corrected chi connectivity index (χ2v) is 4.72. The molecule has 0 amide bonds. The van der Waals surface area contributed by atoms with Crippen molar-refractivity contribution in [1.29, 1.82) is 0 Å². The summed E-state index contributed by atoms with van der Waals surface area (Å²) in [5.41, 5.74) is 0.106. The van der Waals surface area contributed by atoms with Crippen LogP contribution in [0.5, 0.6) is 5.75 Å². The van der Waals surface area contributed by atoms with Crippen LogP contribution >= 0.6 is 15.9 Å². The first-order valence-corrected chi connectivity index (χ1v) is 6.59. The molecule has 0 aliphatic rings. The standard InChI is InChI=1S/C13H12BrFN2O2/c1-2-7-19-12-11(14)8-16-17(13(12)18)10-5-3-9(15)4-6-10/h3-6,8H,2,7H2,1H3. The van der Waals surface area contributed by atoms with Crippen molar-refractivity contribution in [2.24, 2.45) is 0 Å². The van der Waals surface area contributed by atoms with E-state index >= 15 is 0 Å². The fourth-order valence-corrected chi connectivity index (χ4v) is 1.89. The Morgan fingerprint density at radius 2 is 2.05 bits per heavy atom. The number of benzene rings is 1. The molecule has 2 rings (SSSR count). The summed E-state index contributed by atoms with van der Waals surface area (Å²) in [5, 5.41) is 4.00. The van der Waals surface area contributed by atoms with Crippen LogP contribution in [0.3, 0.4) is 0 Å². The third-order valence-electron chi connectivity index (χ3n) is 2.41. The van der Waals surface area contributed by atoms with Crippen LogP contribution in [0.2, 0.25) is 0 Å². The highest BCUT2D eigenvalue weighted by molar-refractivity contribution is 9.10. The molecule has 19 heavy (non-hydrogen) atoms. The van der Waals surface area contributed by atoms with Gasteiger partial charge < -0.3 is 4.74 Å². The molecule has 0 fully saturated rings. The van der Waals surface area contributed by atoms with E-state index in [0.717, 1.165) is 6.42 Å². The van der Waals surface area contributed by atoms with Crippen LogP contribution in [0, 0.1) is 5.82 Å². The molecular formula is C13H12BrFN2O2. The molecule has 1 aromatic carbocycles. The Labute approximate surface area is 118 Å². The lowest BCUT2D eigenvalue weighted by molar-refractivity contribution is 0.308. The third kappa shape index (κ3) is 3.01. The zero-order valence-corrected chi connectivity index (χ0v) is 11.9. The highest BCUT2D eigenvalue weighted by Gasteiger charge is 2.12. The molecule has 6 heteroatoms. The summed E-state index contributed by atoms with van der Waals surface area (Å²) in [7, 11) is 0. The Bertz CT molecular complexity index is 626. The van der Waals surface area contributed by atoms with Gasteiger partial charge in [0.2, 0.25) is 5.75 Å². The molecule has 4 nitrogen and oxygen atoms in total. The lowest BCUT2D eigenvalue weighted by Gasteiger charge is -2.09. The summed E-state index contributed by atoms with van der Waals surface area (Å²) in [6, 6.07) is 5.53. The van der Waals surface area contributed by atoms with Crippen molar-refractivity contribution in [3.63, 3.8) is 0 Å². The Morgan fingerprint density at radius 3 is 2.68 bits per heavy atom. The maximum absolute atomic E-state index is 12.9. The van der Waals surface area contributed by atoms with Gasteiger partial charge in [0.1, 0.15) is 5.82 Å². The zero-order chi connectivity index (χ0) is 13.8. The van der Waals surface area contributed by atoms with Crippen LogP contribution in [-0.2, 0) is 0 Å². The Morgan fingerprint density at radius 1 is 1.37 bits per heavy atom. The molecule has 0 atom stereocenters. The Balaban J connectivity index is 2.47. The zero-order valence-electron chi connectivity index (χ0n) is 10.3. The van der Waals surface area contributed by atoms with Crippen LogP contribution in [0.25, 0.3) is 5.69 Å². The van der Waals surface area contributed by atoms with Crippen molar-refractivity contribution in [3.8, 4) is 11.4 Å². The molecule has 1 heterocycles. The number of hydrogen-bond acceptors (Lipinski definition) is 3. The predicted octanol–water partition coefficient (Wildman–Crippen LogP) is 2.92. The molecule has 0 spiro atoms. The maximum Gasteiger partial charge on any atom is 0.314 e. The van der Waals surface area contributed by atoms with E-state index in [-0.39, 0.29) is 17.1 Å². The lowest BCUT2D eigenvalue weighted by Crippen LogP contribution is -2.23. The smallest absolute Gasteiger partial charge is 0.314 e. The van der Waals surface area contributed by atoms with Gasteiger partial charge in [-0.1, -0.05) is 6.92 Å². The molecule has 0 unspecified atom stereocenters. The first-order chi connectivity index (χ1) is 9.13. The highest BCUT2D eigenvalue weighted by atomic mass is 79.9. The highest BCUT2D eigenvalue weighted by Crippen LogP contribution is 2.19. The van der Waals surface area contributed by atoms with Gasteiger partial charge in [-0.05, 0) is 46.6 Å². The Hall–Kier alpha value is -1.69. The summed E-state index contributed by atoms with van der Waals surface area (Å²) in [6.45, 7) is 2.40. The minimum absolute atomic E-state index is 0.209. The van der Waals surface area contributed by atoms with E-state index < -0.39 is 0 Å². The minimum Gasteiger partial charge on any atom is -0.487 e. The fourth-order valence-electron chi connectivity index (χ4n) is 1.52. The van der Waals surface area contributed by atoms with E-state index in [9.17, 15) is 9.18 Å². The average molecular weight is 327 g/mol. The van der Waals surface area contributed by atoms with Crippen LogP contribution in [0.15, 0.2) is 39.7 Å². The van der Waals surface area contributed by atoms with Crippen molar-refractivity contribution < 1.29 is 9.13 Å². The number of nitrogens with zero attached hydrogens (tertiary/aromatic N) is 2. The first kappa shape index (κ1) is 13.7. The topological polar surface area (TPSA) is 44.1 Å². The van der Waals surface area contributed by atoms with Crippen molar-refractivity contribution in [3.05, 3.63) is 51.1 Å². The van der Waals surface area contributed by atoms with Gasteiger partial charge >= 0.3 is 5.56 Å². The van der Waals surface area contributed by atoms with Crippen molar-refractivity contribution in [2.45, 2.75) is 13.3 Å². The molecule has 0 saturated heterocycles. The van der Waals surface area contributed by atoms with Crippen molar-refractivity contribution in [2.75, 3.05) is 6.61 Å². The molecule has 1 aromatic heterocycles. The second kappa shape index (κ2) is 5.97. The van der Waals surface area contributed by atoms with Gasteiger partial charge in [0.25, 0.3) is 0 Å². The molecule has 0 N–H and O–H groups in total. The number of aromatic nitrogens is 2. The van der Waals surface area contributed by atoms with Gasteiger partial charge in [0.15, 0.2) is 0 Å². The monoisotopic (exact) mass is 326 g/mol. The number of ether oxygens (including phenoxy) is 1. The van der Waals surface area contributed by atoms with E-state index in [2.05, 4.69) is 21.0 Å². The molecule has 0 bridgehead atoms. The normalized spacial score (nSPS) is 10.5. The van der Waals surface area contributed by atoms with Gasteiger partial charge in [0, 0.05) is 0 Å². The van der Waals surface area contributed by atoms with E-state index in [1.165, 1.54) is 35.1 Å². The lowest BCUT2D eigenvalue weighted by atomic mass is 10.3. The summed E-state index contributed by atoms with van der Waals surface area (Å²) < 4.78 is 20.0. The SMILES string of the molecule is CCCOc1c(Br)cnn(-c2ccc(F)cc2)c1=O.